The Morgan fingerprint density at radius 2 is 1.95 bits per heavy atom. The number of aromatic nitrogens is 2. The van der Waals surface area contributed by atoms with E-state index in [9.17, 15) is 5.26 Å². The lowest BCUT2D eigenvalue weighted by Crippen LogP contribution is -2.23. The smallest absolute Gasteiger partial charge is 0.0709 e. The average Bonchev–Trinajstić information content (AvgIpc) is 2.90. The molecular formula is C16H17N3. The quantitative estimate of drug-likeness (QED) is 0.823. The van der Waals surface area contributed by atoms with Crippen LogP contribution in [0, 0.1) is 23.7 Å². The molecule has 96 valence electrons. The Bertz CT molecular complexity index is 636. The molecule has 3 heteroatoms. The van der Waals surface area contributed by atoms with Gasteiger partial charge in [0.05, 0.1) is 17.2 Å². The zero-order valence-electron chi connectivity index (χ0n) is 11.3. The van der Waals surface area contributed by atoms with Crippen LogP contribution in [0.5, 0.6) is 0 Å². The van der Waals surface area contributed by atoms with E-state index in [0.717, 1.165) is 30.7 Å². The van der Waals surface area contributed by atoms with E-state index in [2.05, 4.69) is 41.5 Å². The van der Waals surface area contributed by atoms with Gasteiger partial charge in [-0.3, -0.25) is 4.68 Å². The van der Waals surface area contributed by atoms with Gasteiger partial charge >= 0.3 is 0 Å². The summed E-state index contributed by atoms with van der Waals surface area (Å²) >= 11 is 0. The van der Waals surface area contributed by atoms with Gasteiger partial charge in [0, 0.05) is 19.2 Å². The lowest BCUT2D eigenvalue weighted by molar-refractivity contribution is 0.405. The van der Waals surface area contributed by atoms with Crippen molar-refractivity contribution in [2.75, 3.05) is 0 Å². The third kappa shape index (κ3) is 2.04. The summed E-state index contributed by atoms with van der Waals surface area (Å²) in [6, 6.07) is 13.0. The van der Waals surface area contributed by atoms with E-state index in [-0.39, 0.29) is 5.41 Å². The van der Waals surface area contributed by atoms with Crippen molar-refractivity contribution in [1.29, 1.82) is 5.26 Å². The molecule has 0 fully saturated rings. The van der Waals surface area contributed by atoms with Gasteiger partial charge in [0.1, 0.15) is 0 Å². The van der Waals surface area contributed by atoms with Crippen molar-refractivity contribution < 1.29 is 0 Å². The molecule has 19 heavy (non-hydrogen) atoms. The number of nitrogens with zero attached hydrogens (tertiary/aromatic N) is 3. The SMILES string of the molecule is Cc1cc(CC2(C#N)Cc3ccccc3C2)n(C)n1. The number of fused-ring (bicyclic) bond motifs is 1. The lowest BCUT2D eigenvalue weighted by atomic mass is 9.82. The minimum Gasteiger partial charge on any atom is -0.272 e. The molecule has 0 atom stereocenters. The van der Waals surface area contributed by atoms with Crippen molar-refractivity contribution in [1.82, 2.24) is 9.78 Å². The minimum absolute atomic E-state index is 0.302. The number of rotatable bonds is 2. The lowest BCUT2D eigenvalue weighted by Gasteiger charge is -2.20. The van der Waals surface area contributed by atoms with Crippen molar-refractivity contribution in [3.63, 3.8) is 0 Å². The topological polar surface area (TPSA) is 41.6 Å². The summed E-state index contributed by atoms with van der Waals surface area (Å²) in [5.74, 6) is 0. The molecule has 0 amide bonds. The molecule has 1 aliphatic rings. The molecule has 0 N–H and O–H groups in total. The van der Waals surface area contributed by atoms with Crippen molar-refractivity contribution in [2.45, 2.75) is 26.2 Å². The Kier molecular flexibility index (Phi) is 2.67. The summed E-state index contributed by atoms with van der Waals surface area (Å²) in [5.41, 5.74) is 4.50. The largest absolute Gasteiger partial charge is 0.272 e. The molecule has 1 aromatic heterocycles. The highest BCUT2D eigenvalue weighted by Crippen LogP contribution is 2.39. The molecular weight excluding hydrogens is 234 g/mol. The molecule has 0 radical (unpaired) electrons. The molecule has 0 spiro atoms. The van der Waals surface area contributed by atoms with Crippen LogP contribution in [0.4, 0.5) is 0 Å². The Labute approximate surface area is 113 Å². The van der Waals surface area contributed by atoms with Gasteiger partial charge in [0.2, 0.25) is 0 Å². The summed E-state index contributed by atoms with van der Waals surface area (Å²) < 4.78 is 1.90. The fourth-order valence-electron chi connectivity index (χ4n) is 3.11. The number of hydrogen-bond donors (Lipinski definition) is 0. The number of hydrogen-bond acceptors (Lipinski definition) is 2. The van der Waals surface area contributed by atoms with E-state index in [4.69, 9.17) is 0 Å². The summed E-state index contributed by atoms with van der Waals surface area (Å²) in [4.78, 5) is 0. The van der Waals surface area contributed by atoms with Gasteiger partial charge in [-0.1, -0.05) is 24.3 Å². The van der Waals surface area contributed by atoms with Gasteiger partial charge in [-0.2, -0.15) is 10.4 Å². The van der Waals surface area contributed by atoms with Crippen LogP contribution in [0.1, 0.15) is 22.5 Å². The van der Waals surface area contributed by atoms with Gasteiger partial charge in [-0.25, -0.2) is 0 Å². The molecule has 1 heterocycles. The predicted molar refractivity (Wildman–Crippen MR) is 73.5 cm³/mol. The van der Waals surface area contributed by atoms with Crippen molar-refractivity contribution >= 4 is 0 Å². The van der Waals surface area contributed by atoms with Crippen molar-refractivity contribution in [3.05, 3.63) is 52.8 Å². The second-order valence-electron chi connectivity index (χ2n) is 5.59. The normalized spacial score (nSPS) is 16.1. The molecule has 2 aromatic rings. The van der Waals surface area contributed by atoms with Crippen LogP contribution < -0.4 is 0 Å². The Morgan fingerprint density at radius 1 is 1.32 bits per heavy atom. The van der Waals surface area contributed by atoms with Crippen molar-refractivity contribution in [2.24, 2.45) is 12.5 Å². The number of nitriles is 1. The molecule has 0 aliphatic heterocycles. The maximum atomic E-state index is 9.67. The Morgan fingerprint density at radius 3 is 2.42 bits per heavy atom. The number of aryl methyl sites for hydroxylation is 2. The molecule has 0 bridgehead atoms. The third-order valence-electron chi connectivity index (χ3n) is 4.03. The van der Waals surface area contributed by atoms with E-state index in [1.165, 1.54) is 11.1 Å². The minimum atomic E-state index is -0.302. The Hall–Kier alpha value is -2.08. The van der Waals surface area contributed by atoms with E-state index in [1.807, 2.05) is 18.7 Å². The summed E-state index contributed by atoms with van der Waals surface area (Å²) in [5, 5.41) is 14.0. The molecule has 0 saturated heterocycles. The van der Waals surface area contributed by atoms with Gasteiger partial charge in [0.25, 0.3) is 0 Å². The highest BCUT2D eigenvalue weighted by atomic mass is 15.3. The zero-order chi connectivity index (χ0) is 13.5. The van der Waals surface area contributed by atoms with Crippen LogP contribution in [0.3, 0.4) is 0 Å². The second kappa shape index (κ2) is 4.24. The molecule has 1 aliphatic carbocycles. The first-order valence-corrected chi connectivity index (χ1v) is 6.59. The van der Waals surface area contributed by atoms with Crippen LogP contribution in [0.15, 0.2) is 30.3 Å². The first-order valence-electron chi connectivity index (χ1n) is 6.59. The van der Waals surface area contributed by atoms with Crippen LogP contribution in [0.25, 0.3) is 0 Å². The fourth-order valence-corrected chi connectivity index (χ4v) is 3.11. The molecule has 1 aromatic carbocycles. The molecule has 3 nitrogen and oxygen atoms in total. The first kappa shape index (κ1) is 12.0. The highest BCUT2D eigenvalue weighted by molar-refractivity contribution is 5.38. The summed E-state index contributed by atoms with van der Waals surface area (Å²) in [6.07, 6.45) is 2.48. The monoisotopic (exact) mass is 251 g/mol. The van der Waals surface area contributed by atoms with E-state index in [1.54, 1.807) is 0 Å². The summed E-state index contributed by atoms with van der Waals surface area (Å²) in [6.45, 7) is 1.99. The van der Waals surface area contributed by atoms with Gasteiger partial charge in [-0.15, -0.1) is 0 Å². The van der Waals surface area contributed by atoms with Crippen LogP contribution in [0.2, 0.25) is 0 Å². The predicted octanol–water partition coefficient (Wildman–Crippen LogP) is 2.58. The fraction of sp³-hybridized carbons (Fsp3) is 0.375. The second-order valence-corrected chi connectivity index (χ2v) is 5.59. The van der Waals surface area contributed by atoms with Gasteiger partial charge in [0.15, 0.2) is 0 Å². The van der Waals surface area contributed by atoms with E-state index in [0.29, 0.717) is 0 Å². The number of benzene rings is 1. The van der Waals surface area contributed by atoms with Gasteiger partial charge < -0.3 is 0 Å². The van der Waals surface area contributed by atoms with Crippen molar-refractivity contribution in [3.8, 4) is 6.07 Å². The van der Waals surface area contributed by atoms with E-state index < -0.39 is 0 Å². The maximum absolute atomic E-state index is 9.67. The average molecular weight is 251 g/mol. The van der Waals surface area contributed by atoms with Crippen LogP contribution >= 0.6 is 0 Å². The first-order chi connectivity index (χ1) is 9.12. The van der Waals surface area contributed by atoms with Gasteiger partial charge in [-0.05, 0) is 37.0 Å². The Balaban J connectivity index is 1.92. The van der Waals surface area contributed by atoms with Crippen LogP contribution in [-0.4, -0.2) is 9.78 Å². The van der Waals surface area contributed by atoms with Crippen LogP contribution in [-0.2, 0) is 26.3 Å². The third-order valence-corrected chi connectivity index (χ3v) is 4.03. The molecule has 3 rings (SSSR count). The summed E-state index contributed by atoms with van der Waals surface area (Å²) in [7, 11) is 1.95. The molecule has 0 unspecified atom stereocenters. The van der Waals surface area contributed by atoms with E-state index >= 15 is 0 Å². The standard InChI is InChI=1S/C16H17N3/c1-12-7-15(19(2)18-12)10-16(11-17)8-13-5-3-4-6-14(13)9-16/h3-7H,8-10H2,1-2H3. The molecule has 0 saturated carbocycles. The zero-order valence-corrected chi connectivity index (χ0v) is 11.3. The highest BCUT2D eigenvalue weighted by Gasteiger charge is 2.38. The maximum Gasteiger partial charge on any atom is 0.0709 e.